The first kappa shape index (κ1) is 14.2. The maximum atomic E-state index is 11.3. The molecule has 1 atom stereocenters. The fourth-order valence-electron chi connectivity index (χ4n) is 1.38. The second-order valence-electron chi connectivity index (χ2n) is 3.78. The summed E-state index contributed by atoms with van der Waals surface area (Å²) in [5.74, 6) is -0.611. The van der Waals surface area contributed by atoms with Crippen LogP contribution in [0.15, 0.2) is 30.3 Å². The van der Waals surface area contributed by atoms with Gasteiger partial charge in [-0.05, 0) is 5.56 Å². The quantitative estimate of drug-likeness (QED) is 0.728. The predicted molar refractivity (Wildman–Crippen MR) is 66.8 cm³/mol. The number of esters is 2. The SMILES string of the molecule is CCC(=O)OC[C@@H](OC(=O)CC)c1ccccc1. The van der Waals surface area contributed by atoms with Gasteiger partial charge in [-0.3, -0.25) is 9.59 Å². The second kappa shape index (κ2) is 7.48. The summed E-state index contributed by atoms with van der Waals surface area (Å²) in [7, 11) is 0. The summed E-state index contributed by atoms with van der Waals surface area (Å²) in [5.41, 5.74) is 0.822. The molecule has 0 aromatic heterocycles. The predicted octanol–water partition coefficient (Wildman–Crippen LogP) is 2.63. The number of hydrogen-bond donors (Lipinski definition) is 0. The minimum atomic E-state index is -0.533. The topological polar surface area (TPSA) is 52.6 Å². The summed E-state index contributed by atoms with van der Waals surface area (Å²) in [5, 5.41) is 0. The molecule has 0 radical (unpaired) electrons. The number of benzene rings is 1. The van der Waals surface area contributed by atoms with Crippen molar-refractivity contribution in [2.45, 2.75) is 32.8 Å². The summed E-state index contributed by atoms with van der Waals surface area (Å²) in [6.07, 6.45) is 0.0723. The van der Waals surface area contributed by atoms with E-state index in [-0.39, 0.29) is 18.5 Å². The molecule has 1 rings (SSSR count). The fraction of sp³-hybridized carbons (Fsp3) is 0.429. The van der Waals surface area contributed by atoms with E-state index in [4.69, 9.17) is 9.47 Å². The minimum absolute atomic E-state index is 0.0580. The van der Waals surface area contributed by atoms with Crippen LogP contribution in [0, 0.1) is 0 Å². The molecule has 1 aromatic rings. The zero-order valence-electron chi connectivity index (χ0n) is 10.7. The first-order valence-electron chi connectivity index (χ1n) is 6.07. The van der Waals surface area contributed by atoms with Gasteiger partial charge in [0.15, 0.2) is 6.10 Å². The minimum Gasteiger partial charge on any atom is -0.461 e. The van der Waals surface area contributed by atoms with Gasteiger partial charge in [0.1, 0.15) is 6.61 Å². The molecule has 18 heavy (non-hydrogen) atoms. The normalized spacial score (nSPS) is 11.7. The van der Waals surface area contributed by atoms with E-state index in [9.17, 15) is 9.59 Å². The highest BCUT2D eigenvalue weighted by Gasteiger charge is 2.17. The highest BCUT2D eigenvalue weighted by atomic mass is 16.6. The molecule has 0 fully saturated rings. The monoisotopic (exact) mass is 250 g/mol. The Kier molecular flexibility index (Phi) is 5.91. The van der Waals surface area contributed by atoms with Crippen LogP contribution in [0.2, 0.25) is 0 Å². The standard InChI is InChI=1S/C14H18O4/c1-3-13(15)17-10-12(18-14(16)4-2)11-8-6-5-7-9-11/h5-9,12H,3-4,10H2,1-2H3/t12-/m1/s1. The molecule has 0 aliphatic carbocycles. The van der Waals surface area contributed by atoms with E-state index in [1.165, 1.54) is 0 Å². The van der Waals surface area contributed by atoms with Crippen LogP contribution >= 0.6 is 0 Å². The molecule has 0 heterocycles. The molecule has 0 aliphatic heterocycles. The lowest BCUT2D eigenvalue weighted by Gasteiger charge is -2.17. The average molecular weight is 250 g/mol. The van der Waals surface area contributed by atoms with Gasteiger partial charge in [0, 0.05) is 12.8 Å². The van der Waals surface area contributed by atoms with Gasteiger partial charge in [0.2, 0.25) is 0 Å². The van der Waals surface area contributed by atoms with E-state index >= 15 is 0 Å². The number of carbonyl (C=O) groups is 2. The van der Waals surface area contributed by atoms with Crippen molar-refractivity contribution in [3.05, 3.63) is 35.9 Å². The molecule has 0 amide bonds. The first-order chi connectivity index (χ1) is 8.67. The molecule has 0 aliphatic rings. The molecule has 4 nitrogen and oxygen atoms in total. The number of carbonyl (C=O) groups excluding carboxylic acids is 2. The molecular weight excluding hydrogens is 232 g/mol. The maximum Gasteiger partial charge on any atom is 0.306 e. The molecule has 4 heteroatoms. The van der Waals surface area contributed by atoms with Crippen LogP contribution in [-0.4, -0.2) is 18.5 Å². The number of hydrogen-bond acceptors (Lipinski definition) is 4. The van der Waals surface area contributed by atoms with Gasteiger partial charge in [-0.2, -0.15) is 0 Å². The molecule has 0 spiro atoms. The molecular formula is C14H18O4. The van der Waals surface area contributed by atoms with Crippen molar-refractivity contribution in [3.8, 4) is 0 Å². The van der Waals surface area contributed by atoms with Gasteiger partial charge in [-0.25, -0.2) is 0 Å². The maximum absolute atomic E-state index is 11.3. The summed E-state index contributed by atoms with van der Waals surface area (Å²) in [6.45, 7) is 3.50. The third kappa shape index (κ3) is 4.57. The van der Waals surface area contributed by atoms with Crippen molar-refractivity contribution in [1.82, 2.24) is 0 Å². The fourth-order valence-corrected chi connectivity index (χ4v) is 1.38. The summed E-state index contributed by atoms with van der Waals surface area (Å²) in [4.78, 5) is 22.5. The van der Waals surface area contributed by atoms with Gasteiger partial charge < -0.3 is 9.47 Å². The Balaban J connectivity index is 2.69. The summed E-state index contributed by atoms with van der Waals surface area (Å²) in [6, 6.07) is 9.26. The van der Waals surface area contributed by atoms with Crippen LogP contribution in [0.5, 0.6) is 0 Å². The lowest BCUT2D eigenvalue weighted by Crippen LogP contribution is -2.18. The van der Waals surface area contributed by atoms with Crippen LogP contribution in [-0.2, 0) is 19.1 Å². The molecule has 0 N–H and O–H groups in total. The van der Waals surface area contributed by atoms with Crippen LogP contribution < -0.4 is 0 Å². The van der Waals surface area contributed by atoms with Crippen LogP contribution in [0.1, 0.15) is 38.4 Å². The van der Waals surface area contributed by atoms with Crippen molar-refractivity contribution in [3.63, 3.8) is 0 Å². The third-order valence-corrected chi connectivity index (χ3v) is 2.42. The van der Waals surface area contributed by atoms with Crippen LogP contribution in [0.4, 0.5) is 0 Å². The van der Waals surface area contributed by atoms with Crippen LogP contribution in [0.25, 0.3) is 0 Å². The van der Waals surface area contributed by atoms with E-state index in [1.807, 2.05) is 30.3 Å². The van der Waals surface area contributed by atoms with E-state index in [1.54, 1.807) is 13.8 Å². The third-order valence-electron chi connectivity index (χ3n) is 2.42. The zero-order chi connectivity index (χ0) is 13.4. The molecule has 0 unspecified atom stereocenters. The Labute approximate surface area is 107 Å². The van der Waals surface area contributed by atoms with Gasteiger partial charge in [-0.1, -0.05) is 44.2 Å². The highest BCUT2D eigenvalue weighted by Crippen LogP contribution is 2.18. The Hall–Kier alpha value is -1.84. The van der Waals surface area contributed by atoms with Gasteiger partial charge in [0.25, 0.3) is 0 Å². The lowest BCUT2D eigenvalue weighted by atomic mass is 10.1. The smallest absolute Gasteiger partial charge is 0.306 e. The van der Waals surface area contributed by atoms with E-state index in [0.717, 1.165) is 5.56 Å². The van der Waals surface area contributed by atoms with Crippen molar-refractivity contribution < 1.29 is 19.1 Å². The molecule has 0 saturated heterocycles. The zero-order valence-corrected chi connectivity index (χ0v) is 10.7. The van der Waals surface area contributed by atoms with Gasteiger partial charge in [0.05, 0.1) is 0 Å². The Morgan fingerprint density at radius 1 is 1.06 bits per heavy atom. The van der Waals surface area contributed by atoms with Gasteiger partial charge >= 0.3 is 11.9 Å². The first-order valence-corrected chi connectivity index (χ1v) is 6.07. The Morgan fingerprint density at radius 3 is 2.22 bits per heavy atom. The van der Waals surface area contributed by atoms with E-state index < -0.39 is 6.10 Å². The van der Waals surface area contributed by atoms with E-state index in [0.29, 0.717) is 12.8 Å². The second-order valence-corrected chi connectivity index (χ2v) is 3.78. The number of ether oxygens (including phenoxy) is 2. The van der Waals surface area contributed by atoms with Crippen LogP contribution in [0.3, 0.4) is 0 Å². The highest BCUT2D eigenvalue weighted by molar-refractivity contribution is 5.70. The van der Waals surface area contributed by atoms with Crippen molar-refractivity contribution >= 4 is 11.9 Å². The molecule has 98 valence electrons. The molecule has 0 bridgehead atoms. The van der Waals surface area contributed by atoms with Crippen molar-refractivity contribution in [2.75, 3.05) is 6.61 Å². The van der Waals surface area contributed by atoms with E-state index in [2.05, 4.69) is 0 Å². The Morgan fingerprint density at radius 2 is 1.67 bits per heavy atom. The summed E-state index contributed by atoms with van der Waals surface area (Å²) >= 11 is 0. The summed E-state index contributed by atoms with van der Waals surface area (Å²) < 4.78 is 10.3. The Bertz CT molecular complexity index is 386. The van der Waals surface area contributed by atoms with Crippen molar-refractivity contribution in [1.29, 1.82) is 0 Å². The van der Waals surface area contributed by atoms with Gasteiger partial charge in [-0.15, -0.1) is 0 Å². The lowest BCUT2D eigenvalue weighted by molar-refractivity contribution is -0.159. The molecule has 1 aromatic carbocycles. The largest absolute Gasteiger partial charge is 0.461 e. The van der Waals surface area contributed by atoms with Crippen molar-refractivity contribution in [2.24, 2.45) is 0 Å². The number of rotatable bonds is 6. The average Bonchev–Trinajstić information content (AvgIpc) is 2.43. The molecule has 0 saturated carbocycles.